The van der Waals surface area contributed by atoms with Crippen LogP contribution in [0.5, 0.6) is 11.5 Å². The van der Waals surface area contributed by atoms with Gasteiger partial charge < -0.3 is 20.9 Å². The number of benzene rings is 2. The van der Waals surface area contributed by atoms with E-state index in [1.165, 1.54) is 10.7 Å². The van der Waals surface area contributed by atoms with Gasteiger partial charge in [-0.1, -0.05) is 25.5 Å². The lowest BCUT2D eigenvalue weighted by Crippen LogP contribution is -2.25. The van der Waals surface area contributed by atoms with Crippen LogP contribution in [0.1, 0.15) is 42.6 Å². The Morgan fingerprint density at radius 2 is 1.97 bits per heavy atom. The number of para-hydroxylation sites is 2. The zero-order valence-electron chi connectivity index (χ0n) is 18.6. The summed E-state index contributed by atoms with van der Waals surface area (Å²) in [6.45, 7) is 4.85. The number of phenolic OH excluding ortho intramolecular Hbond substituents is 1. The number of aromatic hydroxyl groups is 1. The number of amides is 1. The summed E-state index contributed by atoms with van der Waals surface area (Å²) in [7, 11) is 0. The fraction of sp³-hybridized carbons (Fsp3) is 0.250. The summed E-state index contributed by atoms with van der Waals surface area (Å²) >= 11 is 0. The van der Waals surface area contributed by atoms with Gasteiger partial charge in [0.2, 0.25) is 0 Å². The number of rotatable bonds is 8. The van der Waals surface area contributed by atoms with Crippen LogP contribution in [0.4, 0.5) is 5.82 Å². The normalized spacial score (nSPS) is 11.5. The van der Waals surface area contributed by atoms with Crippen LogP contribution in [0.25, 0.3) is 22.2 Å². The van der Waals surface area contributed by atoms with Crippen LogP contribution in [0, 0.1) is 0 Å². The van der Waals surface area contributed by atoms with Crippen molar-refractivity contribution in [2.45, 2.75) is 26.7 Å². The number of nitrogens with two attached hydrogens (primary N) is 1. The molecule has 4 rings (SSSR count). The lowest BCUT2D eigenvalue weighted by molar-refractivity contribution is 0.0955. The van der Waals surface area contributed by atoms with E-state index in [4.69, 9.17) is 10.5 Å². The first-order valence-corrected chi connectivity index (χ1v) is 10.9. The molecule has 0 aliphatic carbocycles. The third-order valence-electron chi connectivity index (χ3n) is 5.12. The zero-order chi connectivity index (χ0) is 23.4. The highest BCUT2D eigenvalue weighted by Gasteiger charge is 2.23. The van der Waals surface area contributed by atoms with Crippen LogP contribution in [0.3, 0.4) is 0 Å². The predicted octanol–water partition coefficient (Wildman–Crippen LogP) is 3.68. The van der Waals surface area contributed by atoms with Gasteiger partial charge in [-0.05, 0) is 49.2 Å². The van der Waals surface area contributed by atoms with Crippen LogP contribution in [0.2, 0.25) is 0 Å². The number of nitrogen functional groups attached to an aromatic ring is 1. The van der Waals surface area contributed by atoms with Crippen molar-refractivity contribution >= 4 is 40.1 Å². The molecule has 2 heterocycles. The highest BCUT2D eigenvalue weighted by atomic mass is 16.5. The van der Waals surface area contributed by atoms with E-state index in [1.54, 1.807) is 18.3 Å². The summed E-state index contributed by atoms with van der Waals surface area (Å²) in [5, 5.41) is 17.3. The summed E-state index contributed by atoms with van der Waals surface area (Å²) in [5.41, 5.74) is 9.42. The smallest absolute Gasteiger partial charge is 0.257 e. The van der Waals surface area contributed by atoms with Crippen LogP contribution in [-0.4, -0.2) is 45.0 Å². The van der Waals surface area contributed by atoms with Crippen LogP contribution < -0.4 is 15.8 Å². The lowest BCUT2D eigenvalue weighted by Gasteiger charge is -2.06. The SMILES string of the molecule is CCCCNC(=O)c1c(N)n(N=Cc2ccc(O)c(OCC)c2)c2nc3ccccc3nc12. The van der Waals surface area contributed by atoms with Crippen LogP contribution in [-0.2, 0) is 0 Å². The van der Waals surface area contributed by atoms with Gasteiger partial charge in [-0.3, -0.25) is 4.79 Å². The number of fused-ring (bicyclic) bond motifs is 2. The first kappa shape index (κ1) is 22.1. The van der Waals surface area contributed by atoms with E-state index in [2.05, 4.69) is 27.3 Å². The van der Waals surface area contributed by atoms with E-state index >= 15 is 0 Å². The number of carbonyl (C=O) groups is 1. The van der Waals surface area contributed by atoms with Crippen molar-refractivity contribution in [2.75, 3.05) is 18.9 Å². The predicted molar refractivity (Wildman–Crippen MR) is 129 cm³/mol. The molecule has 0 saturated heterocycles. The highest BCUT2D eigenvalue weighted by molar-refractivity contribution is 6.10. The van der Waals surface area contributed by atoms with Crippen LogP contribution >= 0.6 is 0 Å². The van der Waals surface area contributed by atoms with Gasteiger partial charge in [-0.2, -0.15) is 9.78 Å². The monoisotopic (exact) mass is 446 g/mol. The number of unbranched alkanes of at least 4 members (excludes halogenated alkanes) is 1. The van der Waals surface area contributed by atoms with E-state index in [1.807, 2.05) is 31.2 Å². The number of anilines is 1. The third kappa shape index (κ3) is 4.43. The number of nitrogens with zero attached hydrogens (tertiary/aromatic N) is 4. The minimum atomic E-state index is -0.312. The molecule has 0 fully saturated rings. The molecule has 0 atom stereocenters. The van der Waals surface area contributed by atoms with Crippen molar-refractivity contribution < 1.29 is 14.6 Å². The Labute approximate surface area is 190 Å². The average Bonchev–Trinajstić information content (AvgIpc) is 3.08. The van der Waals surface area contributed by atoms with Gasteiger partial charge in [0.1, 0.15) is 16.9 Å². The Kier molecular flexibility index (Phi) is 6.39. The summed E-state index contributed by atoms with van der Waals surface area (Å²) in [6, 6.07) is 12.3. The number of aromatic nitrogens is 3. The minimum absolute atomic E-state index is 0.0447. The molecule has 0 unspecified atom stereocenters. The molecule has 0 radical (unpaired) electrons. The number of phenols is 1. The maximum Gasteiger partial charge on any atom is 0.257 e. The fourth-order valence-corrected chi connectivity index (χ4v) is 3.46. The highest BCUT2D eigenvalue weighted by Crippen LogP contribution is 2.29. The molecule has 0 spiro atoms. The molecule has 4 aromatic rings. The average molecular weight is 447 g/mol. The Morgan fingerprint density at radius 1 is 1.21 bits per heavy atom. The molecular formula is C24H26N6O3. The number of nitrogens with one attached hydrogen (secondary N) is 1. The van der Waals surface area contributed by atoms with E-state index in [0.717, 1.165) is 12.8 Å². The Bertz CT molecular complexity index is 1350. The molecule has 0 bridgehead atoms. The summed E-state index contributed by atoms with van der Waals surface area (Å²) in [6.07, 6.45) is 3.39. The van der Waals surface area contributed by atoms with Crippen molar-refractivity contribution in [3.8, 4) is 11.5 Å². The molecule has 170 valence electrons. The van der Waals surface area contributed by atoms with Crippen LogP contribution in [0.15, 0.2) is 47.6 Å². The largest absolute Gasteiger partial charge is 0.504 e. The van der Waals surface area contributed by atoms with Gasteiger partial charge in [-0.15, -0.1) is 0 Å². The molecule has 0 aliphatic heterocycles. The van der Waals surface area contributed by atoms with Gasteiger partial charge in [0, 0.05) is 6.54 Å². The van der Waals surface area contributed by atoms with E-state index in [9.17, 15) is 9.90 Å². The number of hydrogen-bond donors (Lipinski definition) is 3. The number of hydrogen-bond acceptors (Lipinski definition) is 7. The molecule has 4 N–H and O–H groups in total. The Hall–Kier alpha value is -4.14. The van der Waals surface area contributed by atoms with E-state index < -0.39 is 0 Å². The maximum atomic E-state index is 13.0. The molecule has 1 amide bonds. The summed E-state index contributed by atoms with van der Waals surface area (Å²) in [4.78, 5) is 22.3. The van der Waals surface area contributed by atoms with Crippen molar-refractivity contribution in [2.24, 2.45) is 5.10 Å². The summed E-state index contributed by atoms with van der Waals surface area (Å²) < 4.78 is 6.85. The van der Waals surface area contributed by atoms with Crippen molar-refractivity contribution in [1.29, 1.82) is 0 Å². The van der Waals surface area contributed by atoms with Gasteiger partial charge in [0.25, 0.3) is 5.91 Å². The van der Waals surface area contributed by atoms with Gasteiger partial charge in [0.15, 0.2) is 17.1 Å². The fourth-order valence-electron chi connectivity index (χ4n) is 3.46. The zero-order valence-corrected chi connectivity index (χ0v) is 18.6. The molecule has 33 heavy (non-hydrogen) atoms. The van der Waals surface area contributed by atoms with Crippen molar-refractivity contribution in [1.82, 2.24) is 20.0 Å². The second kappa shape index (κ2) is 9.56. The first-order chi connectivity index (χ1) is 16.0. The molecule has 9 heteroatoms. The number of ether oxygens (including phenoxy) is 1. The van der Waals surface area contributed by atoms with Crippen molar-refractivity contribution in [3.05, 3.63) is 53.6 Å². The molecule has 0 aliphatic rings. The topological polar surface area (TPSA) is 128 Å². The standard InChI is InChI=1S/C24H26N6O3/c1-3-5-12-26-24(32)20-21-23(29-17-9-7-6-8-16(17)28-21)30(22(20)25)27-14-15-10-11-18(31)19(13-15)33-4-2/h6-11,13-14,31H,3-5,12,25H2,1-2H3,(H,26,32). The van der Waals surface area contributed by atoms with Gasteiger partial charge in [-0.25, -0.2) is 9.97 Å². The second-order valence-corrected chi connectivity index (χ2v) is 7.47. The number of carbonyl (C=O) groups excluding carboxylic acids is 1. The molecular weight excluding hydrogens is 420 g/mol. The Balaban J connectivity index is 1.82. The molecule has 2 aromatic carbocycles. The molecule has 2 aromatic heterocycles. The first-order valence-electron chi connectivity index (χ1n) is 10.9. The quantitative estimate of drug-likeness (QED) is 0.280. The van der Waals surface area contributed by atoms with Gasteiger partial charge >= 0.3 is 0 Å². The van der Waals surface area contributed by atoms with E-state index in [-0.39, 0.29) is 23.0 Å². The molecule has 9 nitrogen and oxygen atoms in total. The van der Waals surface area contributed by atoms with E-state index in [0.29, 0.717) is 46.7 Å². The lowest BCUT2D eigenvalue weighted by atomic mass is 10.2. The van der Waals surface area contributed by atoms with Crippen molar-refractivity contribution in [3.63, 3.8) is 0 Å². The second-order valence-electron chi connectivity index (χ2n) is 7.47. The van der Waals surface area contributed by atoms with Gasteiger partial charge in [0.05, 0.1) is 23.9 Å². The Morgan fingerprint density at radius 3 is 2.70 bits per heavy atom. The third-order valence-corrected chi connectivity index (χ3v) is 5.12. The summed E-state index contributed by atoms with van der Waals surface area (Å²) in [5.74, 6) is 0.235. The maximum absolute atomic E-state index is 13.0. The molecule has 0 saturated carbocycles. The minimum Gasteiger partial charge on any atom is -0.504 e.